The average molecular weight is 524 g/mol. The van der Waals surface area contributed by atoms with E-state index in [1.54, 1.807) is 45.3 Å². The van der Waals surface area contributed by atoms with Gasteiger partial charge in [-0.05, 0) is 63.2 Å². The number of hydrogen-bond donors (Lipinski definition) is 2. The van der Waals surface area contributed by atoms with Crippen molar-refractivity contribution in [1.29, 1.82) is 0 Å². The largest absolute Gasteiger partial charge is 0.507 e. The number of halogens is 1. The van der Waals surface area contributed by atoms with Crippen LogP contribution in [0.25, 0.3) is 0 Å². The summed E-state index contributed by atoms with van der Waals surface area (Å²) in [6.07, 6.45) is 4.88. The van der Waals surface area contributed by atoms with Crippen molar-refractivity contribution in [2.24, 2.45) is 5.16 Å². The first-order valence-electron chi connectivity index (χ1n) is 9.18. The minimum Gasteiger partial charge on any atom is -0.507 e. The second-order valence-electron chi connectivity index (χ2n) is 7.19. The van der Waals surface area contributed by atoms with Crippen LogP contribution in [0.5, 0.6) is 11.5 Å². The maximum Gasteiger partial charge on any atom is 0.446 e. The van der Waals surface area contributed by atoms with Crippen molar-refractivity contribution in [3.63, 3.8) is 0 Å². The molecule has 2 aromatic heterocycles. The highest BCUT2D eigenvalue weighted by Crippen LogP contribution is 2.29. The minimum atomic E-state index is -4.78. The van der Waals surface area contributed by atoms with Crippen LogP contribution in [0.15, 0.2) is 76.7 Å². The SMILES string of the molecule is CC(C)(C)O/N=C(/c1cc(Br)ccc1O)c1ncccc1OS(=O)(=O)O.c1ccncc1. The van der Waals surface area contributed by atoms with Gasteiger partial charge in [0.1, 0.15) is 22.8 Å². The van der Waals surface area contributed by atoms with Gasteiger partial charge in [-0.25, -0.2) is 0 Å². The Morgan fingerprint density at radius 2 is 1.75 bits per heavy atom. The van der Waals surface area contributed by atoms with E-state index in [9.17, 15) is 13.5 Å². The molecule has 3 rings (SSSR count). The molecule has 0 aliphatic heterocycles. The molecule has 0 amide bonds. The Labute approximate surface area is 194 Å². The van der Waals surface area contributed by atoms with Gasteiger partial charge < -0.3 is 14.1 Å². The van der Waals surface area contributed by atoms with Crippen LogP contribution >= 0.6 is 15.9 Å². The zero-order valence-corrected chi connectivity index (χ0v) is 19.9. The van der Waals surface area contributed by atoms with E-state index in [-0.39, 0.29) is 28.5 Å². The van der Waals surface area contributed by atoms with Gasteiger partial charge >= 0.3 is 10.4 Å². The molecule has 0 saturated carbocycles. The average Bonchev–Trinajstić information content (AvgIpc) is 2.71. The summed E-state index contributed by atoms with van der Waals surface area (Å²) in [5, 5.41) is 14.3. The molecule has 0 aliphatic rings. The summed E-state index contributed by atoms with van der Waals surface area (Å²) in [4.78, 5) is 13.3. The Balaban J connectivity index is 0.000000520. The summed E-state index contributed by atoms with van der Waals surface area (Å²) in [7, 11) is -4.78. The number of phenolic OH excluding ortho intramolecular Hbond substituents is 1. The summed E-state index contributed by atoms with van der Waals surface area (Å²) < 4.78 is 36.5. The number of oxime groups is 1. The fourth-order valence-electron chi connectivity index (χ4n) is 2.16. The molecule has 0 atom stereocenters. The van der Waals surface area contributed by atoms with E-state index < -0.39 is 16.0 Å². The number of pyridine rings is 2. The molecule has 11 heteroatoms. The fourth-order valence-corrected chi connectivity index (χ4v) is 2.88. The molecule has 2 heterocycles. The first kappa shape index (κ1) is 25.2. The zero-order valence-electron chi connectivity index (χ0n) is 17.5. The second kappa shape index (κ2) is 11.0. The van der Waals surface area contributed by atoms with Crippen LogP contribution in [0.3, 0.4) is 0 Å². The lowest BCUT2D eigenvalue weighted by Crippen LogP contribution is -2.19. The van der Waals surface area contributed by atoms with E-state index in [1.165, 1.54) is 24.4 Å². The second-order valence-corrected chi connectivity index (χ2v) is 9.13. The topological polar surface area (TPSA) is 131 Å². The van der Waals surface area contributed by atoms with Crippen molar-refractivity contribution < 1.29 is 27.1 Å². The molecular weight excluding hydrogens is 502 g/mol. The number of nitrogens with zero attached hydrogens (tertiary/aromatic N) is 3. The van der Waals surface area contributed by atoms with Crippen LogP contribution in [0, 0.1) is 0 Å². The summed E-state index contributed by atoms with van der Waals surface area (Å²) in [5.74, 6) is -0.404. The molecule has 0 saturated heterocycles. The van der Waals surface area contributed by atoms with Crippen molar-refractivity contribution in [1.82, 2.24) is 9.97 Å². The van der Waals surface area contributed by atoms with Gasteiger partial charge in [0.25, 0.3) is 0 Å². The number of aromatic hydroxyl groups is 1. The Morgan fingerprint density at radius 1 is 1.06 bits per heavy atom. The van der Waals surface area contributed by atoms with Gasteiger partial charge in [-0.15, -0.1) is 0 Å². The van der Waals surface area contributed by atoms with E-state index in [0.717, 1.165) is 0 Å². The number of phenols is 1. The number of rotatable bonds is 5. The van der Waals surface area contributed by atoms with Crippen LogP contribution in [0.4, 0.5) is 0 Å². The third-order valence-corrected chi connectivity index (χ3v) is 4.26. The molecule has 0 radical (unpaired) electrons. The quantitative estimate of drug-likeness (QED) is 0.286. The molecule has 0 aliphatic carbocycles. The molecule has 170 valence electrons. The van der Waals surface area contributed by atoms with Crippen molar-refractivity contribution >= 4 is 32.0 Å². The third kappa shape index (κ3) is 8.61. The molecule has 3 aromatic rings. The molecular formula is C21H22BrN3O6S. The van der Waals surface area contributed by atoms with Gasteiger partial charge in [-0.1, -0.05) is 27.2 Å². The summed E-state index contributed by atoms with van der Waals surface area (Å²) >= 11 is 3.30. The molecule has 0 unspecified atom stereocenters. The Bertz CT molecular complexity index is 1140. The van der Waals surface area contributed by atoms with Crippen molar-refractivity contribution in [3.8, 4) is 11.5 Å². The fraction of sp³-hybridized carbons (Fsp3) is 0.190. The van der Waals surface area contributed by atoms with E-state index in [0.29, 0.717) is 4.47 Å². The normalized spacial score (nSPS) is 11.8. The molecule has 9 nitrogen and oxygen atoms in total. The van der Waals surface area contributed by atoms with Crippen LogP contribution in [-0.4, -0.2) is 39.4 Å². The van der Waals surface area contributed by atoms with E-state index in [2.05, 4.69) is 35.2 Å². The number of benzene rings is 1. The lowest BCUT2D eigenvalue weighted by Gasteiger charge is -2.18. The molecule has 1 aromatic carbocycles. The Hall–Kier alpha value is -3.02. The van der Waals surface area contributed by atoms with Gasteiger partial charge in [-0.2, -0.15) is 8.42 Å². The van der Waals surface area contributed by atoms with Crippen LogP contribution in [0.1, 0.15) is 32.0 Å². The Kier molecular flexibility index (Phi) is 8.70. The maximum absolute atomic E-state index is 11.1. The van der Waals surface area contributed by atoms with Crippen molar-refractivity contribution in [2.75, 3.05) is 0 Å². The molecule has 0 fully saturated rings. The zero-order chi connectivity index (χ0) is 23.8. The smallest absolute Gasteiger partial charge is 0.446 e. The predicted octanol–water partition coefficient (Wildman–Crippen LogP) is 4.38. The molecule has 0 bridgehead atoms. The Morgan fingerprint density at radius 3 is 2.28 bits per heavy atom. The lowest BCUT2D eigenvalue weighted by molar-refractivity contribution is 0.00109. The van der Waals surface area contributed by atoms with E-state index in [4.69, 9.17) is 9.39 Å². The predicted molar refractivity (Wildman–Crippen MR) is 123 cm³/mol. The highest BCUT2D eigenvalue weighted by atomic mass is 79.9. The number of hydrogen-bond acceptors (Lipinski definition) is 8. The number of aromatic nitrogens is 2. The van der Waals surface area contributed by atoms with Crippen molar-refractivity contribution in [2.45, 2.75) is 26.4 Å². The van der Waals surface area contributed by atoms with Gasteiger partial charge in [-0.3, -0.25) is 14.5 Å². The lowest BCUT2D eigenvalue weighted by atomic mass is 10.1. The molecule has 32 heavy (non-hydrogen) atoms. The first-order valence-corrected chi connectivity index (χ1v) is 11.3. The first-order chi connectivity index (χ1) is 15.0. The monoisotopic (exact) mass is 523 g/mol. The highest BCUT2D eigenvalue weighted by molar-refractivity contribution is 9.10. The van der Waals surface area contributed by atoms with Crippen molar-refractivity contribution in [3.05, 3.63) is 82.9 Å². The standard InChI is InChI=1S/C16H17BrN2O6S.C5H5N/c1-16(2,3)25-19-14(11-9-10(17)6-7-12(11)20)15-13(5-4-8-18-15)24-26(21,22)23;1-2-4-6-5-3-1/h4-9,20H,1-3H3,(H,21,22,23);1-5H/b19-14-;. The summed E-state index contributed by atoms with van der Waals surface area (Å²) in [6, 6.07) is 13.0. The maximum atomic E-state index is 11.1. The summed E-state index contributed by atoms with van der Waals surface area (Å²) in [6.45, 7) is 5.30. The van der Waals surface area contributed by atoms with Gasteiger partial charge in [0.2, 0.25) is 0 Å². The van der Waals surface area contributed by atoms with E-state index >= 15 is 0 Å². The third-order valence-electron chi connectivity index (χ3n) is 3.38. The van der Waals surface area contributed by atoms with Crippen LogP contribution in [0.2, 0.25) is 0 Å². The van der Waals surface area contributed by atoms with Gasteiger partial charge in [0.05, 0.1) is 0 Å². The van der Waals surface area contributed by atoms with Crippen LogP contribution < -0.4 is 4.18 Å². The highest BCUT2D eigenvalue weighted by Gasteiger charge is 2.23. The van der Waals surface area contributed by atoms with E-state index in [1.807, 2.05) is 18.2 Å². The van der Waals surface area contributed by atoms with Crippen LogP contribution in [-0.2, 0) is 15.2 Å². The minimum absolute atomic E-state index is 0.0259. The van der Waals surface area contributed by atoms with Gasteiger partial charge in [0, 0.05) is 28.6 Å². The summed E-state index contributed by atoms with van der Waals surface area (Å²) in [5.41, 5.74) is -0.450. The molecule has 0 spiro atoms. The molecule has 2 N–H and O–H groups in total. The van der Waals surface area contributed by atoms with Gasteiger partial charge in [0.15, 0.2) is 5.75 Å².